The smallest absolute Gasteiger partial charge is 0.329 e. The normalized spacial score (nSPS) is 14.3. The molecule has 152 valence electrons. The van der Waals surface area contributed by atoms with Crippen LogP contribution in [0.25, 0.3) is 11.0 Å². The van der Waals surface area contributed by atoms with E-state index in [1.807, 2.05) is 43.3 Å². The molecule has 1 saturated heterocycles. The van der Waals surface area contributed by atoms with E-state index in [0.29, 0.717) is 18.8 Å². The Hall–Kier alpha value is -3.09. The summed E-state index contributed by atoms with van der Waals surface area (Å²) in [6.45, 7) is 4.98. The van der Waals surface area contributed by atoms with Crippen LogP contribution < -0.4 is 15.9 Å². The molecule has 7 heteroatoms. The van der Waals surface area contributed by atoms with E-state index in [-0.39, 0.29) is 18.0 Å². The SMILES string of the molecule is CCn1c(=O)n(CCC(=O)Nc2ccc(N3CCCCC3)nc2)c2ccccc21. The number of rotatable bonds is 6. The molecule has 0 spiro atoms. The van der Waals surface area contributed by atoms with Crippen molar-refractivity contribution in [1.82, 2.24) is 14.1 Å². The molecular weight excluding hydrogens is 366 g/mol. The standard InChI is InChI=1S/C22H27N5O2/c1-2-26-18-8-4-5-9-19(18)27(22(26)29)15-12-21(28)24-17-10-11-20(23-16-17)25-13-6-3-7-14-25/h4-5,8-11,16H,2-3,6-7,12-15H2,1H3,(H,24,28). The van der Waals surface area contributed by atoms with Crippen LogP contribution in [0.5, 0.6) is 0 Å². The van der Waals surface area contributed by atoms with Gasteiger partial charge >= 0.3 is 5.69 Å². The first kappa shape index (κ1) is 19.2. The van der Waals surface area contributed by atoms with Crippen LogP contribution in [-0.2, 0) is 17.9 Å². The van der Waals surface area contributed by atoms with E-state index < -0.39 is 0 Å². The highest BCUT2D eigenvalue weighted by Crippen LogP contribution is 2.19. The zero-order valence-electron chi connectivity index (χ0n) is 16.8. The van der Waals surface area contributed by atoms with Crippen LogP contribution in [0.4, 0.5) is 11.5 Å². The summed E-state index contributed by atoms with van der Waals surface area (Å²) < 4.78 is 3.41. The first-order chi connectivity index (χ1) is 14.2. The second-order valence-electron chi connectivity index (χ2n) is 7.42. The Kier molecular flexibility index (Phi) is 5.64. The molecule has 1 amide bonds. The van der Waals surface area contributed by atoms with Gasteiger partial charge in [-0.2, -0.15) is 0 Å². The van der Waals surface area contributed by atoms with Gasteiger partial charge in [-0.3, -0.25) is 13.9 Å². The molecule has 1 aliphatic heterocycles. The minimum Gasteiger partial charge on any atom is -0.357 e. The first-order valence-corrected chi connectivity index (χ1v) is 10.4. The fourth-order valence-electron chi connectivity index (χ4n) is 4.00. The number of aryl methyl sites for hydroxylation is 2. The number of anilines is 2. The lowest BCUT2D eigenvalue weighted by Gasteiger charge is -2.27. The maximum absolute atomic E-state index is 12.7. The van der Waals surface area contributed by atoms with E-state index in [0.717, 1.165) is 29.9 Å². The summed E-state index contributed by atoms with van der Waals surface area (Å²) in [5.74, 6) is 0.833. The predicted molar refractivity (Wildman–Crippen MR) is 115 cm³/mol. The maximum atomic E-state index is 12.7. The van der Waals surface area contributed by atoms with Crippen molar-refractivity contribution >= 4 is 28.4 Å². The number of fused-ring (bicyclic) bond motifs is 1. The molecular formula is C22H27N5O2. The molecule has 1 aromatic carbocycles. The minimum atomic E-state index is -0.127. The van der Waals surface area contributed by atoms with E-state index in [9.17, 15) is 9.59 Å². The fraction of sp³-hybridized carbons (Fsp3) is 0.409. The lowest BCUT2D eigenvalue weighted by molar-refractivity contribution is -0.116. The Morgan fingerprint density at radius 3 is 2.41 bits per heavy atom. The second kappa shape index (κ2) is 8.51. The highest BCUT2D eigenvalue weighted by Gasteiger charge is 2.14. The van der Waals surface area contributed by atoms with Gasteiger partial charge in [0.25, 0.3) is 0 Å². The van der Waals surface area contributed by atoms with Gasteiger partial charge in [-0.1, -0.05) is 12.1 Å². The van der Waals surface area contributed by atoms with Crippen LogP contribution in [0.2, 0.25) is 0 Å². The van der Waals surface area contributed by atoms with Crippen LogP contribution in [0.15, 0.2) is 47.4 Å². The first-order valence-electron chi connectivity index (χ1n) is 10.4. The van der Waals surface area contributed by atoms with Crippen molar-refractivity contribution in [2.24, 2.45) is 0 Å². The molecule has 4 rings (SSSR count). The zero-order chi connectivity index (χ0) is 20.2. The monoisotopic (exact) mass is 393 g/mol. The van der Waals surface area contributed by atoms with Gasteiger partial charge in [0, 0.05) is 32.6 Å². The van der Waals surface area contributed by atoms with Gasteiger partial charge in [0.05, 0.1) is 22.9 Å². The van der Waals surface area contributed by atoms with Gasteiger partial charge in [-0.25, -0.2) is 9.78 Å². The van der Waals surface area contributed by atoms with Crippen molar-refractivity contribution < 1.29 is 4.79 Å². The number of hydrogen-bond acceptors (Lipinski definition) is 4. The number of pyridine rings is 1. The Bertz CT molecular complexity index is 1050. The molecule has 29 heavy (non-hydrogen) atoms. The largest absolute Gasteiger partial charge is 0.357 e. The summed E-state index contributed by atoms with van der Waals surface area (Å²) in [5, 5.41) is 2.89. The van der Waals surface area contributed by atoms with E-state index in [2.05, 4.69) is 15.2 Å². The van der Waals surface area contributed by atoms with Gasteiger partial charge < -0.3 is 10.2 Å². The van der Waals surface area contributed by atoms with E-state index in [1.165, 1.54) is 19.3 Å². The number of para-hydroxylation sites is 2. The number of aromatic nitrogens is 3. The molecule has 0 unspecified atom stereocenters. The van der Waals surface area contributed by atoms with Gasteiger partial charge in [0.1, 0.15) is 5.82 Å². The maximum Gasteiger partial charge on any atom is 0.329 e. The van der Waals surface area contributed by atoms with Crippen LogP contribution in [0.3, 0.4) is 0 Å². The molecule has 0 aliphatic carbocycles. The Morgan fingerprint density at radius 2 is 1.76 bits per heavy atom. The van der Waals surface area contributed by atoms with Gasteiger partial charge in [-0.05, 0) is 50.5 Å². The lowest BCUT2D eigenvalue weighted by atomic mass is 10.1. The van der Waals surface area contributed by atoms with Gasteiger partial charge in [-0.15, -0.1) is 0 Å². The summed E-state index contributed by atoms with van der Waals surface area (Å²) in [5.41, 5.74) is 2.37. The summed E-state index contributed by atoms with van der Waals surface area (Å²) in [7, 11) is 0. The Balaban J connectivity index is 1.40. The third kappa shape index (κ3) is 4.04. The van der Waals surface area contributed by atoms with Crippen molar-refractivity contribution in [2.45, 2.75) is 45.7 Å². The van der Waals surface area contributed by atoms with E-state index in [1.54, 1.807) is 15.3 Å². The Labute approximate surface area is 170 Å². The van der Waals surface area contributed by atoms with Crippen molar-refractivity contribution in [3.8, 4) is 0 Å². The van der Waals surface area contributed by atoms with E-state index in [4.69, 9.17) is 0 Å². The molecule has 0 saturated carbocycles. The minimum absolute atomic E-state index is 0.0750. The van der Waals surface area contributed by atoms with Crippen LogP contribution in [0, 0.1) is 0 Å². The molecule has 0 radical (unpaired) electrons. The molecule has 3 aromatic rings. The van der Waals surface area contributed by atoms with Crippen LogP contribution in [-0.4, -0.2) is 33.1 Å². The average Bonchev–Trinajstić information content (AvgIpc) is 3.04. The van der Waals surface area contributed by atoms with Crippen LogP contribution >= 0.6 is 0 Å². The number of hydrogen-bond donors (Lipinski definition) is 1. The molecule has 0 bridgehead atoms. The second-order valence-corrected chi connectivity index (χ2v) is 7.42. The fourth-order valence-corrected chi connectivity index (χ4v) is 4.00. The number of nitrogens with one attached hydrogen (secondary N) is 1. The summed E-state index contributed by atoms with van der Waals surface area (Å²) >= 11 is 0. The molecule has 1 N–H and O–H groups in total. The molecule has 1 aliphatic rings. The number of benzene rings is 1. The zero-order valence-corrected chi connectivity index (χ0v) is 16.8. The molecule has 0 atom stereocenters. The topological polar surface area (TPSA) is 72.2 Å². The number of carbonyl (C=O) groups excluding carboxylic acids is 1. The molecule has 7 nitrogen and oxygen atoms in total. The summed E-state index contributed by atoms with van der Waals surface area (Å²) in [6.07, 6.45) is 5.62. The third-order valence-electron chi connectivity index (χ3n) is 5.52. The predicted octanol–water partition coefficient (Wildman–Crippen LogP) is 3.24. The number of nitrogens with zero attached hydrogens (tertiary/aromatic N) is 4. The molecule has 2 aromatic heterocycles. The van der Waals surface area contributed by atoms with E-state index >= 15 is 0 Å². The number of imidazole rings is 1. The number of amides is 1. The quantitative estimate of drug-likeness (QED) is 0.698. The van der Waals surface area contributed by atoms with Crippen LogP contribution in [0.1, 0.15) is 32.6 Å². The summed E-state index contributed by atoms with van der Waals surface area (Å²) in [6, 6.07) is 11.5. The Morgan fingerprint density at radius 1 is 1.03 bits per heavy atom. The number of carbonyl (C=O) groups is 1. The molecule has 3 heterocycles. The lowest BCUT2D eigenvalue weighted by Crippen LogP contribution is -2.30. The number of piperidine rings is 1. The van der Waals surface area contributed by atoms with Crippen molar-refractivity contribution in [3.05, 3.63) is 53.1 Å². The summed E-state index contributed by atoms with van der Waals surface area (Å²) in [4.78, 5) is 31.9. The highest BCUT2D eigenvalue weighted by atomic mass is 16.2. The third-order valence-corrected chi connectivity index (χ3v) is 5.52. The van der Waals surface area contributed by atoms with Crippen molar-refractivity contribution in [2.75, 3.05) is 23.3 Å². The van der Waals surface area contributed by atoms with Gasteiger partial charge in [0.15, 0.2) is 0 Å². The van der Waals surface area contributed by atoms with Gasteiger partial charge in [0.2, 0.25) is 5.91 Å². The van der Waals surface area contributed by atoms with Crippen molar-refractivity contribution in [3.63, 3.8) is 0 Å². The highest BCUT2D eigenvalue weighted by molar-refractivity contribution is 5.90. The average molecular weight is 393 g/mol. The van der Waals surface area contributed by atoms with Crippen molar-refractivity contribution in [1.29, 1.82) is 0 Å². The molecule has 1 fully saturated rings.